The van der Waals surface area contributed by atoms with Crippen molar-refractivity contribution in [2.75, 3.05) is 6.54 Å². The molecule has 5 N–H and O–H groups in total. The van der Waals surface area contributed by atoms with E-state index in [2.05, 4.69) is 20.7 Å². The summed E-state index contributed by atoms with van der Waals surface area (Å²) in [5.74, 6) is -2.70. The first-order valence-corrected chi connectivity index (χ1v) is 17.4. The van der Waals surface area contributed by atoms with Crippen LogP contribution in [0.2, 0.25) is 0 Å². The quantitative estimate of drug-likeness (QED) is 0.114. The van der Waals surface area contributed by atoms with Crippen LogP contribution in [0.3, 0.4) is 0 Å². The van der Waals surface area contributed by atoms with E-state index in [1.165, 1.54) is 0 Å². The summed E-state index contributed by atoms with van der Waals surface area (Å²) in [6.45, 7) is 2.03. The number of rotatable bonds is 17. The molecule has 256 valence electrons. The maximum absolute atomic E-state index is 12.7. The largest absolute Gasteiger partial charge is 0.480 e. The summed E-state index contributed by atoms with van der Waals surface area (Å²) in [4.78, 5) is 49.6. The van der Waals surface area contributed by atoms with Crippen LogP contribution in [-0.4, -0.2) is 49.8 Å². The molecule has 0 aromatic heterocycles. The molecule has 11 nitrogen and oxygen atoms in total. The highest BCUT2D eigenvalue weighted by atomic mass is 32.2. The van der Waals surface area contributed by atoms with E-state index in [-0.39, 0.29) is 43.4 Å². The van der Waals surface area contributed by atoms with Gasteiger partial charge in [-0.1, -0.05) is 109 Å². The number of aliphatic carboxylic acids is 1. The molecule has 0 aliphatic rings. The maximum atomic E-state index is 12.7. The van der Waals surface area contributed by atoms with Crippen LogP contribution in [0.5, 0.6) is 0 Å². The minimum absolute atomic E-state index is 0.0506. The van der Waals surface area contributed by atoms with E-state index in [0.29, 0.717) is 17.7 Å². The number of carbonyl (C=O) groups excluding carboxylic acids is 3. The molecule has 12 heteroatoms. The minimum atomic E-state index is -3.81. The Balaban J connectivity index is 1.23. The van der Waals surface area contributed by atoms with Crippen molar-refractivity contribution in [3.63, 3.8) is 0 Å². The van der Waals surface area contributed by atoms with Crippen LogP contribution in [0.25, 0.3) is 0 Å². The number of hydrogen-bond acceptors (Lipinski definition) is 6. The molecule has 0 saturated heterocycles. The van der Waals surface area contributed by atoms with Crippen LogP contribution in [0.15, 0.2) is 103 Å². The van der Waals surface area contributed by atoms with Crippen molar-refractivity contribution in [1.82, 2.24) is 20.7 Å². The number of aryl methyl sites for hydroxylation is 1. The van der Waals surface area contributed by atoms with Crippen molar-refractivity contribution < 1.29 is 32.7 Å². The lowest BCUT2D eigenvalue weighted by Gasteiger charge is -2.16. The zero-order valence-corrected chi connectivity index (χ0v) is 28.0. The number of nitrogens with one attached hydrogen (secondary N) is 4. The minimum Gasteiger partial charge on any atom is -0.480 e. The fourth-order valence-corrected chi connectivity index (χ4v) is 6.22. The number of carbonyl (C=O) groups is 4. The van der Waals surface area contributed by atoms with Gasteiger partial charge in [0.2, 0.25) is 27.7 Å². The van der Waals surface area contributed by atoms with Crippen molar-refractivity contribution in [1.29, 1.82) is 0 Å². The number of amides is 3. The van der Waals surface area contributed by atoms with Crippen molar-refractivity contribution in [2.24, 2.45) is 0 Å². The maximum Gasteiger partial charge on any atom is 0.326 e. The zero-order chi connectivity index (χ0) is 35.2. The van der Waals surface area contributed by atoms with Crippen LogP contribution in [-0.2, 0) is 67.3 Å². The molecule has 0 aliphatic carbocycles. The summed E-state index contributed by atoms with van der Waals surface area (Å²) in [5.41, 5.74) is 5.60. The molecule has 4 aromatic carbocycles. The molecular formula is C37H40N4O7S. The molecule has 0 unspecified atom stereocenters. The molecule has 0 aliphatic heterocycles. The number of sulfonamides is 1. The summed E-state index contributed by atoms with van der Waals surface area (Å²) < 4.78 is 26.9. The van der Waals surface area contributed by atoms with E-state index in [1.54, 1.807) is 54.6 Å². The predicted molar refractivity (Wildman–Crippen MR) is 186 cm³/mol. The Hall–Kier alpha value is -5.33. The Morgan fingerprint density at radius 3 is 1.73 bits per heavy atom. The standard InChI is InChI=1S/C37H40N4O7S/c1-26-8-5-14-31(16-26)22-38-34(42)20-29-12-6-13-30(17-29)21-35(43)39-23-32-15-7-11-28(18-32)19-33(37(45)46)41-36(44)24-40-49(47,48)25-27-9-3-2-4-10-27/h2-18,33,40H,19-25H2,1H3,(H,38,42)(H,39,43)(H,41,44)(H,45,46)/t33-/m0/s1. The summed E-state index contributed by atoms with van der Waals surface area (Å²) in [7, 11) is -3.81. The van der Waals surface area contributed by atoms with Gasteiger partial charge in [-0.2, -0.15) is 0 Å². The van der Waals surface area contributed by atoms with Crippen molar-refractivity contribution in [3.05, 3.63) is 142 Å². The van der Waals surface area contributed by atoms with E-state index in [4.69, 9.17) is 0 Å². The molecule has 4 rings (SSSR count). The Kier molecular flexibility index (Phi) is 13.2. The van der Waals surface area contributed by atoms with E-state index in [1.807, 2.05) is 55.5 Å². The van der Waals surface area contributed by atoms with Crippen LogP contribution < -0.4 is 20.7 Å². The summed E-state index contributed by atoms with van der Waals surface area (Å²) >= 11 is 0. The highest BCUT2D eigenvalue weighted by molar-refractivity contribution is 7.88. The summed E-state index contributed by atoms with van der Waals surface area (Å²) in [6, 6.07) is 29.4. The number of benzene rings is 4. The lowest BCUT2D eigenvalue weighted by atomic mass is 10.0. The van der Waals surface area contributed by atoms with Gasteiger partial charge in [0, 0.05) is 19.5 Å². The summed E-state index contributed by atoms with van der Waals surface area (Å²) in [5, 5.41) is 17.9. The van der Waals surface area contributed by atoms with Gasteiger partial charge in [0.15, 0.2) is 0 Å². The molecule has 0 spiro atoms. The van der Waals surface area contributed by atoms with E-state index in [9.17, 15) is 32.7 Å². The van der Waals surface area contributed by atoms with Gasteiger partial charge in [-0.25, -0.2) is 17.9 Å². The number of carboxylic acids is 1. The van der Waals surface area contributed by atoms with Gasteiger partial charge in [-0.3, -0.25) is 14.4 Å². The van der Waals surface area contributed by atoms with E-state index < -0.39 is 34.5 Å². The Bertz CT molecular complexity index is 1880. The van der Waals surface area contributed by atoms with Crippen LogP contribution in [0.1, 0.15) is 38.9 Å². The second kappa shape index (κ2) is 17.7. The molecule has 0 saturated carbocycles. The fraction of sp³-hybridized carbons (Fsp3) is 0.243. The van der Waals surface area contributed by atoms with Gasteiger partial charge in [0.25, 0.3) is 0 Å². The lowest BCUT2D eigenvalue weighted by Crippen LogP contribution is -2.46. The highest BCUT2D eigenvalue weighted by Gasteiger charge is 2.22. The van der Waals surface area contributed by atoms with Gasteiger partial charge in [-0.15, -0.1) is 0 Å². The second-order valence-electron chi connectivity index (χ2n) is 11.8. The molecule has 4 aromatic rings. The van der Waals surface area contributed by atoms with Crippen LogP contribution in [0, 0.1) is 6.92 Å². The van der Waals surface area contributed by atoms with Gasteiger partial charge in [0.1, 0.15) is 6.04 Å². The predicted octanol–water partition coefficient (Wildman–Crippen LogP) is 2.94. The Labute approximate surface area is 286 Å². The molecule has 0 fully saturated rings. The molecule has 1 atom stereocenters. The second-order valence-corrected chi connectivity index (χ2v) is 13.6. The van der Waals surface area contributed by atoms with Gasteiger partial charge >= 0.3 is 5.97 Å². The van der Waals surface area contributed by atoms with Crippen LogP contribution in [0.4, 0.5) is 0 Å². The third-order valence-electron chi connectivity index (χ3n) is 7.50. The molecule has 49 heavy (non-hydrogen) atoms. The fourth-order valence-electron chi connectivity index (χ4n) is 5.14. The average Bonchev–Trinajstić information content (AvgIpc) is 3.06. The summed E-state index contributed by atoms with van der Waals surface area (Å²) in [6.07, 6.45) is 0.251. The molecule has 3 amide bonds. The average molecular weight is 685 g/mol. The van der Waals surface area contributed by atoms with E-state index >= 15 is 0 Å². The van der Waals surface area contributed by atoms with Crippen LogP contribution >= 0.6 is 0 Å². The topological polar surface area (TPSA) is 171 Å². The number of hydrogen-bond donors (Lipinski definition) is 5. The van der Waals surface area contributed by atoms with E-state index in [0.717, 1.165) is 27.8 Å². The Morgan fingerprint density at radius 2 is 1.14 bits per heavy atom. The SMILES string of the molecule is Cc1cccc(CNC(=O)Cc2cccc(CC(=O)NCc3cccc(C[C@H](NC(=O)CNS(=O)(=O)Cc4ccccc4)C(=O)O)c3)c2)c1. The molecular weight excluding hydrogens is 644 g/mol. The van der Waals surface area contributed by atoms with Crippen molar-refractivity contribution in [3.8, 4) is 0 Å². The van der Waals surface area contributed by atoms with Gasteiger partial charge in [0.05, 0.1) is 25.1 Å². The Morgan fingerprint density at radius 1 is 0.633 bits per heavy atom. The molecule has 0 bridgehead atoms. The lowest BCUT2D eigenvalue weighted by molar-refractivity contribution is -0.141. The number of carboxylic acid groups (broad SMARTS) is 1. The smallest absolute Gasteiger partial charge is 0.326 e. The molecule has 0 radical (unpaired) electrons. The normalized spacial score (nSPS) is 11.7. The first kappa shape index (κ1) is 36.5. The first-order valence-electron chi connectivity index (χ1n) is 15.7. The monoisotopic (exact) mass is 684 g/mol. The van der Waals surface area contributed by atoms with Gasteiger partial charge < -0.3 is 21.1 Å². The van der Waals surface area contributed by atoms with Crippen molar-refractivity contribution >= 4 is 33.7 Å². The van der Waals surface area contributed by atoms with Gasteiger partial charge in [-0.05, 0) is 40.3 Å². The molecule has 0 heterocycles. The third-order valence-corrected chi connectivity index (χ3v) is 8.80. The third kappa shape index (κ3) is 13.0. The first-order chi connectivity index (χ1) is 23.4. The highest BCUT2D eigenvalue weighted by Crippen LogP contribution is 2.11. The zero-order valence-electron chi connectivity index (χ0n) is 27.1. The van der Waals surface area contributed by atoms with Crippen molar-refractivity contribution in [2.45, 2.75) is 51.1 Å².